The number of ether oxygens (including phenoxy) is 3. The molecule has 0 saturated heterocycles. The summed E-state index contributed by atoms with van der Waals surface area (Å²) in [4.78, 5) is 15.0. The third-order valence-corrected chi connectivity index (χ3v) is 5.05. The number of amides is 1. The normalized spacial score (nSPS) is 11.2. The van der Waals surface area contributed by atoms with E-state index in [1.165, 1.54) is 32.2 Å². The van der Waals surface area contributed by atoms with Crippen molar-refractivity contribution in [3.05, 3.63) is 29.1 Å². The molecule has 14 nitrogen and oxygen atoms in total. The maximum atomic E-state index is 12.9. The monoisotopic (exact) mass is 473 g/mol. The topological polar surface area (TPSA) is 168 Å². The zero-order chi connectivity index (χ0) is 24.7. The summed E-state index contributed by atoms with van der Waals surface area (Å²) in [6.45, 7) is 5.86. The van der Waals surface area contributed by atoms with Crippen molar-refractivity contribution in [1.82, 2.24) is 35.6 Å². The largest absolute Gasteiger partial charge is 0.496 e. The third-order valence-electron chi connectivity index (χ3n) is 5.05. The number of rotatable bonds is 11. The molecular weight excluding hydrogens is 446 g/mol. The van der Waals surface area contributed by atoms with Crippen LogP contribution in [0.1, 0.15) is 35.6 Å². The van der Waals surface area contributed by atoms with E-state index in [2.05, 4.69) is 40.7 Å². The fraction of sp³-hybridized carbons (Fsp3) is 0.400. The molecule has 0 aliphatic heterocycles. The molecule has 0 aliphatic carbocycles. The van der Waals surface area contributed by atoms with Gasteiger partial charge in [-0.3, -0.25) is 9.69 Å². The van der Waals surface area contributed by atoms with Gasteiger partial charge in [0.05, 0.1) is 33.2 Å². The first-order valence-electron chi connectivity index (χ1n) is 10.4. The molecule has 1 amide bonds. The number of carbonyl (C=O) groups excluding carboxylic acids is 1. The van der Waals surface area contributed by atoms with Gasteiger partial charge in [0.15, 0.2) is 17.2 Å². The Kier molecular flexibility index (Phi) is 7.97. The molecule has 0 unspecified atom stereocenters. The minimum Gasteiger partial charge on any atom is -0.496 e. The van der Waals surface area contributed by atoms with Gasteiger partial charge in [-0.15, -0.1) is 5.10 Å². The highest BCUT2D eigenvalue weighted by Crippen LogP contribution is 2.33. The average Bonchev–Trinajstić information content (AvgIpc) is 3.47. The van der Waals surface area contributed by atoms with Gasteiger partial charge in [-0.25, -0.2) is 10.1 Å². The fourth-order valence-corrected chi connectivity index (χ4v) is 3.15. The average molecular weight is 473 g/mol. The van der Waals surface area contributed by atoms with Gasteiger partial charge in [-0.1, -0.05) is 19.1 Å². The highest BCUT2D eigenvalue weighted by Gasteiger charge is 2.25. The van der Waals surface area contributed by atoms with Crippen molar-refractivity contribution in [2.24, 2.45) is 5.10 Å². The van der Waals surface area contributed by atoms with Gasteiger partial charge in [-0.05, 0) is 29.5 Å². The molecule has 0 radical (unpaired) electrons. The van der Waals surface area contributed by atoms with Crippen LogP contribution in [0.5, 0.6) is 17.2 Å². The van der Waals surface area contributed by atoms with E-state index in [-0.39, 0.29) is 17.3 Å². The fourth-order valence-electron chi connectivity index (χ4n) is 3.15. The lowest BCUT2D eigenvalue weighted by Crippen LogP contribution is -2.27. The van der Waals surface area contributed by atoms with Crippen LogP contribution in [0.2, 0.25) is 0 Å². The van der Waals surface area contributed by atoms with Crippen molar-refractivity contribution in [1.29, 1.82) is 0 Å². The Morgan fingerprint density at radius 1 is 1.15 bits per heavy atom. The van der Waals surface area contributed by atoms with Crippen LogP contribution in [0.25, 0.3) is 5.82 Å². The van der Waals surface area contributed by atoms with Gasteiger partial charge in [0.1, 0.15) is 5.75 Å². The first-order valence-corrected chi connectivity index (χ1v) is 10.4. The van der Waals surface area contributed by atoms with Crippen LogP contribution in [0, 0.1) is 0 Å². The molecule has 0 spiro atoms. The molecule has 34 heavy (non-hydrogen) atoms. The molecule has 2 heterocycles. The Balaban J connectivity index is 1.88. The zero-order valence-electron chi connectivity index (χ0n) is 19.6. The molecule has 0 bridgehead atoms. The minimum atomic E-state index is -0.570. The van der Waals surface area contributed by atoms with Gasteiger partial charge < -0.3 is 19.9 Å². The van der Waals surface area contributed by atoms with Gasteiger partial charge in [0.2, 0.25) is 11.6 Å². The summed E-state index contributed by atoms with van der Waals surface area (Å²) in [5, 5.41) is 19.4. The van der Waals surface area contributed by atoms with Crippen LogP contribution in [-0.2, 0) is 6.54 Å². The maximum Gasteiger partial charge on any atom is 0.293 e. The van der Waals surface area contributed by atoms with Crippen molar-refractivity contribution >= 4 is 17.9 Å². The predicted octanol–water partition coefficient (Wildman–Crippen LogP) is 0.864. The Labute approximate surface area is 195 Å². The number of hydrazone groups is 1. The van der Waals surface area contributed by atoms with Crippen LogP contribution in [0.15, 0.2) is 21.9 Å². The summed E-state index contributed by atoms with van der Waals surface area (Å²) in [5.41, 5.74) is 9.37. The van der Waals surface area contributed by atoms with E-state index >= 15 is 0 Å². The van der Waals surface area contributed by atoms with Crippen LogP contribution < -0.4 is 25.4 Å². The Morgan fingerprint density at radius 3 is 2.41 bits per heavy atom. The lowest BCUT2D eigenvalue weighted by molar-refractivity contribution is 0.0948. The van der Waals surface area contributed by atoms with Gasteiger partial charge >= 0.3 is 0 Å². The number of nitrogens with two attached hydrogens (primary N) is 1. The van der Waals surface area contributed by atoms with Gasteiger partial charge in [0, 0.05) is 18.2 Å². The molecule has 1 aromatic carbocycles. The summed E-state index contributed by atoms with van der Waals surface area (Å²) in [7, 11) is 4.56. The number of hydrogen-bond acceptors (Lipinski definition) is 12. The Bertz CT molecular complexity index is 1150. The number of nitrogens with zero attached hydrogens (tertiary/aromatic N) is 7. The molecule has 0 aliphatic rings. The number of nitrogen functional groups attached to an aromatic ring is 1. The summed E-state index contributed by atoms with van der Waals surface area (Å²) < 4.78 is 22.0. The second kappa shape index (κ2) is 11.1. The standard InChI is InChI=1S/C20H27N9O5/c1-6-28(7-2)11-13-17(23-27-29(13)19-18(21)25-34-26-19)20(30)24-22-10-12-8-15(32-4)16(33-5)9-14(12)31-3/h8-10H,6-7,11H2,1-5H3,(H2,21,25)(H,24,30)/b22-10+. The van der Waals surface area contributed by atoms with E-state index in [0.717, 1.165) is 13.1 Å². The molecular formula is C20H27N9O5. The molecule has 2 aromatic heterocycles. The summed E-state index contributed by atoms with van der Waals surface area (Å²) in [5.74, 6) is 1.07. The quantitative estimate of drug-likeness (QED) is 0.299. The highest BCUT2D eigenvalue weighted by atomic mass is 16.6. The predicted molar refractivity (Wildman–Crippen MR) is 121 cm³/mol. The molecule has 182 valence electrons. The highest BCUT2D eigenvalue weighted by molar-refractivity contribution is 5.94. The second-order valence-corrected chi connectivity index (χ2v) is 6.88. The molecule has 3 rings (SSSR count). The summed E-state index contributed by atoms with van der Waals surface area (Å²) in [6.07, 6.45) is 1.42. The number of aromatic nitrogens is 5. The second-order valence-electron chi connectivity index (χ2n) is 6.88. The zero-order valence-corrected chi connectivity index (χ0v) is 19.6. The first kappa shape index (κ1) is 24.4. The third kappa shape index (κ3) is 5.06. The van der Waals surface area contributed by atoms with Crippen LogP contribution in [0.4, 0.5) is 5.82 Å². The number of anilines is 1. The van der Waals surface area contributed by atoms with Crippen LogP contribution >= 0.6 is 0 Å². The minimum absolute atomic E-state index is 0.0243. The van der Waals surface area contributed by atoms with E-state index in [9.17, 15) is 4.79 Å². The Hall–Kier alpha value is -4.20. The van der Waals surface area contributed by atoms with Crippen molar-refractivity contribution in [2.75, 3.05) is 40.2 Å². The number of nitrogens with one attached hydrogen (secondary N) is 1. The Morgan fingerprint density at radius 2 is 1.82 bits per heavy atom. The summed E-state index contributed by atoms with van der Waals surface area (Å²) >= 11 is 0. The van der Waals surface area contributed by atoms with Crippen molar-refractivity contribution in [3.63, 3.8) is 0 Å². The number of benzene rings is 1. The number of methoxy groups -OCH3 is 3. The van der Waals surface area contributed by atoms with E-state index in [0.29, 0.717) is 35.1 Å². The number of carbonyl (C=O) groups is 1. The van der Waals surface area contributed by atoms with E-state index < -0.39 is 5.91 Å². The van der Waals surface area contributed by atoms with Crippen LogP contribution in [-0.4, -0.2) is 76.7 Å². The van der Waals surface area contributed by atoms with Gasteiger partial charge in [0.25, 0.3) is 5.91 Å². The molecule has 0 atom stereocenters. The van der Waals surface area contributed by atoms with Crippen molar-refractivity contribution in [3.8, 4) is 23.1 Å². The lowest BCUT2D eigenvalue weighted by Gasteiger charge is -2.18. The molecule has 3 aromatic rings. The molecule has 0 saturated carbocycles. The van der Waals surface area contributed by atoms with Gasteiger partial charge in [-0.2, -0.15) is 9.78 Å². The summed E-state index contributed by atoms with van der Waals surface area (Å²) in [6, 6.07) is 3.34. The maximum absolute atomic E-state index is 12.9. The molecule has 14 heteroatoms. The van der Waals surface area contributed by atoms with Crippen molar-refractivity contribution in [2.45, 2.75) is 20.4 Å². The van der Waals surface area contributed by atoms with E-state index in [1.54, 1.807) is 12.1 Å². The van der Waals surface area contributed by atoms with Crippen molar-refractivity contribution < 1.29 is 23.6 Å². The molecule has 0 fully saturated rings. The SMILES string of the molecule is CCN(CC)Cc1c(C(=O)N/N=C/c2cc(OC)c(OC)cc2OC)nnn1-c1nonc1N. The van der Waals surface area contributed by atoms with E-state index in [4.69, 9.17) is 19.9 Å². The van der Waals surface area contributed by atoms with Crippen LogP contribution in [0.3, 0.4) is 0 Å². The smallest absolute Gasteiger partial charge is 0.293 e. The lowest BCUT2D eigenvalue weighted by atomic mass is 10.2. The molecule has 3 N–H and O–H groups in total. The first-order chi connectivity index (χ1) is 16.5. The number of hydrogen-bond donors (Lipinski definition) is 2. The van der Waals surface area contributed by atoms with E-state index in [1.807, 2.05) is 13.8 Å².